The normalized spacial score (nSPS) is 14.9. The van der Waals surface area contributed by atoms with Gasteiger partial charge in [0.05, 0.1) is 11.4 Å². The second kappa shape index (κ2) is 7.71. The van der Waals surface area contributed by atoms with Gasteiger partial charge in [-0.1, -0.05) is 44.2 Å². The van der Waals surface area contributed by atoms with E-state index in [4.69, 9.17) is 0 Å². The summed E-state index contributed by atoms with van der Waals surface area (Å²) in [6.45, 7) is 5.97. The maximum Gasteiger partial charge on any atom is 0.265 e. The number of nitrogens with zero attached hydrogens (tertiary/aromatic N) is 2. The van der Waals surface area contributed by atoms with Crippen molar-refractivity contribution in [3.05, 3.63) is 106 Å². The monoisotopic (exact) mass is 474 g/mol. The number of anilines is 2. The Kier molecular flexibility index (Phi) is 4.70. The minimum absolute atomic E-state index is 0.225. The number of carbonyl (C=O) groups is 4. The Bertz CT molecular complexity index is 1580. The molecule has 0 aliphatic carbocycles. The molecular weight excluding hydrogens is 452 g/mol. The lowest BCUT2D eigenvalue weighted by molar-refractivity contribution is 0.0873. The van der Waals surface area contributed by atoms with Gasteiger partial charge in [0.15, 0.2) is 0 Å². The van der Waals surface area contributed by atoms with Crippen molar-refractivity contribution < 1.29 is 19.2 Å². The van der Waals surface area contributed by atoms with Crippen LogP contribution in [0.4, 0.5) is 11.4 Å². The molecule has 2 aliphatic heterocycles. The molecule has 4 aromatic rings. The highest BCUT2D eigenvalue weighted by atomic mass is 16.2. The van der Waals surface area contributed by atoms with E-state index in [1.54, 1.807) is 48.5 Å². The molecule has 0 radical (unpaired) electrons. The molecule has 2 heterocycles. The summed E-state index contributed by atoms with van der Waals surface area (Å²) >= 11 is 0. The Morgan fingerprint density at radius 3 is 1.53 bits per heavy atom. The van der Waals surface area contributed by atoms with Gasteiger partial charge in [0.1, 0.15) is 0 Å². The lowest BCUT2D eigenvalue weighted by atomic mass is 9.85. The van der Waals surface area contributed by atoms with Crippen LogP contribution in [-0.4, -0.2) is 23.6 Å². The summed E-state index contributed by atoms with van der Waals surface area (Å²) in [5, 5.41) is 0.726. The third-order valence-corrected chi connectivity index (χ3v) is 7.05. The van der Waals surface area contributed by atoms with Crippen LogP contribution in [0.1, 0.15) is 72.3 Å². The first-order chi connectivity index (χ1) is 17.3. The van der Waals surface area contributed by atoms with Crippen LogP contribution in [0.2, 0.25) is 0 Å². The van der Waals surface area contributed by atoms with E-state index in [1.807, 2.05) is 31.2 Å². The van der Waals surface area contributed by atoms with Crippen molar-refractivity contribution in [3.63, 3.8) is 0 Å². The number of imide groups is 2. The molecule has 0 atom stereocenters. The molecule has 6 heteroatoms. The fourth-order valence-electron chi connectivity index (χ4n) is 5.13. The average molecular weight is 475 g/mol. The van der Waals surface area contributed by atoms with Crippen molar-refractivity contribution in [2.24, 2.45) is 0 Å². The molecule has 0 spiro atoms. The number of rotatable bonds is 3. The first kappa shape index (κ1) is 21.9. The Morgan fingerprint density at radius 1 is 0.583 bits per heavy atom. The summed E-state index contributed by atoms with van der Waals surface area (Å²) in [6.07, 6.45) is 0. The van der Waals surface area contributed by atoms with Crippen LogP contribution in [0.5, 0.6) is 0 Å². The second-order valence-electron chi connectivity index (χ2n) is 9.50. The molecule has 0 fully saturated rings. The number of amides is 4. The van der Waals surface area contributed by atoms with E-state index in [0.717, 1.165) is 16.0 Å². The van der Waals surface area contributed by atoms with Gasteiger partial charge in [-0.05, 0) is 66.4 Å². The molecular formula is C30H22N2O4. The fraction of sp³-hybridized carbons (Fsp3) is 0.133. The van der Waals surface area contributed by atoms with Crippen LogP contribution >= 0.6 is 0 Å². The third-order valence-electron chi connectivity index (χ3n) is 7.05. The van der Waals surface area contributed by atoms with Gasteiger partial charge in [-0.3, -0.25) is 19.2 Å². The van der Waals surface area contributed by atoms with E-state index in [1.165, 1.54) is 4.90 Å². The Hall–Kier alpha value is -4.58. The number of hydrogen-bond donors (Lipinski definition) is 0. The van der Waals surface area contributed by atoms with E-state index in [-0.39, 0.29) is 5.92 Å². The first-order valence-corrected chi connectivity index (χ1v) is 11.8. The summed E-state index contributed by atoms with van der Waals surface area (Å²) in [4.78, 5) is 56.8. The molecule has 4 aromatic carbocycles. The number of aryl methyl sites for hydroxylation is 1. The average Bonchev–Trinajstić information content (AvgIpc) is 2.87. The van der Waals surface area contributed by atoms with Crippen LogP contribution < -0.4 is 9.80 Å². The van der Waals surface area contributed by atoms with Crippen molar-refractivity contribution in [1.29, 1.82) is 0 Å². The number of carbonyl (C=O) groups excluding carboxylic acids is 4. The Labute approximate surface area is 207 Å². The quantitative estimate of drug-likeness (QED) is 0.348. The van der Waals surface area contributed by atoms with Crippen LogP contribution in [0.25, 0.3) is 10.8 Å². The summed E-state index contributed by atoms with van der Waals surface area (Å²) in [7, 11) is 0. The van der Waals surface area contributed by atoms with Gasteiger partial charge in [-0.25, -0.2) is 9.80 Å². The van der Waals surface area contributed by atoms with Crippen LogP contribution in [0.3, 0.4) is 0 Å². The van der Waals surface area contributed by atoms with Crippen LogP contribution in [-0.2, 0) is 0 Å². The third kappa shape index (κ3) is 2.91. The summed E-state index contributed by atoms with van der Waals surface area (Å²) < 4.78 is 0. The van der Waals surface area contributed by atoms with Crippen molar-refractivity contribution >= 4 is 45.8 Å². The molecule has 6 rings (SSSR count). The lowest BCUT2D eigenvalue weighted by Gasteiger charge is -2.32. The zero-order chi connectivity index (χ0) is 25.3. The summed E-state index contributed by atoms with van der Waals surface area (Å²) in [5.74, 6) is -1.67. The van der Waals surface area contributed by atoms with Crippen LogP contribution in [0.15, 0.2) is 72.8 Å². The molecule has 0 N–H and O–H groups in total. The lowest BCUT2D eigenvalue weighted by Crippen LogP contribution is -2.43. The smallest absolute Gasteiger partial charge is 0.265 e. The van der Waals surface area contributed by atoms with Crippen LogP contribution in [0, 0.1) is 6.92 Å². The molecule has 2 aliphatic rings. The fourth-order valence-corrected chi connectivity index (χ4v) is 5.13. The molecule has 0 saturated heterocycles. The SMILES string of the molecule is Cc1ccc(C(C)C)cc1N1C(=O)c2ccc3c4c(ccc(c24)C1=O)C(=O)N(c1ccccc1)C3=O. The van der Waals surface area contributed by atoms with E-state index in [9.17, 15) is 19.2 Å². The molecule has 6 nitrogen and oxygen atoms in total. The van der Waals surface area contributed by atoms with E-state index >= 15 is 0 Å². The zero-order valence-electron chi connectivity index (χ0n) is 20.0. The number of hydrogen-bond acceptors (Lipinski definition) is 4. The maximum absolute atomic E-state index is 13.8. The highest BCUT2D eigenvalue weighted by Crippen LogP contribution is 2.40. The highest BCUT2D eigenvalue weighted by molar-refractivity contribution is 6.42. The molecule has 0 saturated carbocycles. The van der Waals surface area contributed by atoms with E-state index in [2.05, 4.69) is 13.8 Å². The minimum atomic E-state index is -0.481. The van der Waals surface area contributed by atoms with Crippen molar-refractivity contribution in [2.75, 3.05) is 9.80 Å². The van der Waals surface area contributed by atoms with Gasteiger partial charge in [-0.15, -0.1) is 0 Å². The second-order valence-corrected chi connectivity index (χ2v) is 9.50. The highest BCUT2D eigenvalue weighted by Gasteiger charge is 2.40. The van der Waals surface area contributed by atoms with Gasteiger partial charge in [0.25, 0.3) is 23.6 Å². The molecule has 0 aromatic heterocycles. The van der Waals surface area contributed by atoms with Gasteiger partial charge in [-0.2, -0.15) is 0 Å². The van der Waals surface area contributed by atoms with Crippen molar-refractivity contribution in [2.45, 2.75) is 26.7 Å². The Balaban J connectivity index is 1.55. The van der Waals surface area contributed by atoms with Crippen molar-refractivity contribution in [3.8, 4) is 0 Å². The summed E-state index contributed by atoms with van der Waals surface area (Å²) in [6, 6.07) is 20.9. The molecule has 0 bridgehead atoms. The predicted molar refractivity (Wildman–Crippen MR) is 138 cm³/mol. The van der Waals surface area contributed by atoms with Gasteiger partial charge >= 0.3 is 0 Å². The van der Waals surface area contributed by atoms with E-state index < -0.39 is 23.6 Å². The topological polar surface area (TPSA) is 74.8 Å². The predicted octanol–water partition coefficient (Wildman–Crippen LogP) is 5.87. The largest absolute Gasteiger partial charge is 0.268 e. The molecule has 0 unspecified atom stereocenters. The zero-order valence-corrected chi connectivity index (χ0v) is 20.0. The number of benzene rings is 4. The standard InChI is InChI=1S/C30H22N2O4/c1-16(2)18-10-9-17(3)24(15-18)32-29(35)22-13-11-20-25-21(12-14-23(26(22)25)30(32)36)28(34)31(27(20)33)19-7-5-4-6-8-19/h4-16H,1-3H3. The van der Waals surface area contributed by atoms with Crippen molar-refractivity contribution in [1.82, 2.24) is 0 Å². The molecule has 176 valence electrons. The molecule has 4 amide bonds. The minimum Gasteiger partial charge on any atom is -0.268 e. The van der Waals surface area contributed by atoms with E-state index in [0.29, 0.717) is 44.4 Å². The number of para-hydroxylation sites is 1. The summed E-state index contributed by atoms with van der Waals surface area (Å²) in [5.41, 5.74) is 4.01. The first-order valence-electron chi connectivity index (χ1n) is 11.8. The maximum atomic E-state index is 13.8. The van der Waals surface area contributed by atoms with Gasteiger partial charge < -0.3 is 0 Å². The van der Waals surface area contributed by atoms with Gasteiger partial charge in [0.2, 0.25) is 0 Å². The molecule has 36 heavy (non-hydrogen) atoms. The van der Waals surface area contributed by atoms with Gasteiger partial charge in [0, 0.05) is 33.0 Å². The Morgan fingerprint density at radius 2 is 1.06 bits per heavy atom.